The molecule has 1 heterocycles. The summed E-state index contributed by atoms with van der Waals surface area (Å²) in [7, 11) is 0. The second-order valence-electron chi connectivity index (χ2n) is 4.07. The second-order valence-corrected chi connectivity index (χ2v) is 4.07. The van der Waals surface area contributed by atoms with E-state index in [0.29, 0.717) is 18.1 Å². The zero-order valence-corrected chi connectivity index (χ0v) is 10.8. The maximum atomic E-state index is 11.8. The van der Waals surface area contributed by atoms with E-state index in [-0.39, 0.29) is 5.56 Å². The highest BCUT2D eigenvalue weighted by Gasteiger charge is 2.10. The van der Waals surface area contributed by atoms with Crippen LogP contribution >= 0.6 is 0 Å². The first kappa shape index (κ1) is 13.6. The molecule has 3 N–H and O–H groups in total. The number of carbonyl (C=O) groups is 1. The van der Waals surface area contributed by atoms with E-state index in [0.717, 1.165) is 5.56 Å². The average Bonchev–Trinajstić information content (AvgIpc) is 2.45. The predicted octanol–water partition coefficient (Wildman–Crippen LogP) is 1.71. The molecule has 0 saturated carbocycles. The molecule has 2 rings (SSSR count). The molecule has 0 aliphatic rings. The fraction of sp³-hybridized carbons (Fsp3) is 0.0667. The Kier molecular flexibility index (Phi) is 4.00. The Morgan fingerprint density at radius 2 is 2.05 bits per heavy atom. The third-order valence-electron chi connectivity index (χ3n) is 2.71. The monoisotopic (exact) mass is 270 g/mol. The van der Waals surface area contributed by atoms with Crippen LogP contribution in [0.25, 0.3) is 11.3 Å². The van der Waals surface area contributed by atoms with Gasteiger partial charge in [-0.15, -0.1) is 0 Å². The van der Waals surface area contributed by atoms with Crippen molar-refractivity contribution in [2.75, 3.05) is 6.61 Å². The third kappa shape index (κ3) is 2.77. The number of pyridine rings is 1. The molecule has 0 fully saturated rings. The lowest BCUT2D eigenvalue weighted by molar-refractivity contribution is 0.0999. The molecular weight excluding hydrogens is 256 g/mol. The number of H-pyrrole nitrogens is 1. The Labute approximate surface area is 115 Å². The maximum Gasteiger partial charge on any atom is 0.261 e. The van der Waals surface area contributed by atoms with E-state index in [1.807, 2.05) is 18.2 Å². The molecular formula is C15H14N2O3. The van der Waals surface area contributed by atoms with Gasteiger partial charge in [-0.3, -0.25) is 9.59 Å². The number of aromatic nitrogens is 1. The number of carbonyl (C=O) groups excluding carboxylic acids is 1. The van der Waals surface area contributed by atoms with Gasteiger partial charge in [0.25, 0.3) is 11.5 Å². The van der Waals surface area contributed by atoms with Crippen molar-refractivity contribution in [3.05, 3.63) is 65.0 Å². The van der Waals surface area contributed by atoms with Crippen molar-refractivity contribution in [2.24, 2.45) is 5.73 Å². The van der Waals surface area contributed by atoms with Gasteiger partial charge in [0.05, 0.1) is 5.69 Å². The minimum Gasteiger partial charge on any atom is -0.489 e. The van der Waals surface area contributed by atoms with Gasteiger partial charge in [0.1, 0.15) is 17.9 Å². The second kappa shape index (κ2) is 5.88. The first-order valence-electron chi connectivity index (χ1n) is 5.99. The number of benzene rings is 1. The van der Waals surface area contributed by atoms with Crippen LogP contribution in [0.1, 0.15) is 10.4 Å². The zero-order chi connectivity index (χ0) is 14.5. The molecule has 0 radical (unpaired) electrons. The molecule has 5 heteroatoms. The van der Waals surface area contributed by atoms with E-state index in [1.165, 1.54) is 6.07 Å². The predicted molar refractivity (Wildman–Crippen MR) is 76.7 cm³/mol. The number of para-hydroxylation sites is 1. The molecule has 102 valence electrons. The summed E-state index contributed by atoms with van der Waals surface area (Å²) in [6.45, 7) is 3.95. The minimum absolute atomic E-state index is 0.0711. The summed E-state index contributed by atoms with van der Waals surface area (Å²) in [5.74, 6) is -0.135. The smallest absolute Gasteiger partial charge is 0.261 e. The number of hydrogen-bond donors (Lipinski definition) is 2. The van der Waals surface area contributed by atoms with Crippen LogP contribution in [0.5, 0.6) is 5.75 Å². The van der Waals surface area contributed by atoms with Gasteiger partial charge in [0.15, 0.2) is 0 Å². The Morgan fingerprint density at radius 1 is 1.30 bits per heavy atom. The number of ether oxygens (including phenoxy) is 1. The van der Waals surface area contributed by atoms with Crippen molar-refractivity contribution in [3.8, 4) is 17.0 Å². The normalized spacial score (nSPS) is 10.0. The quantitative estimate of drug-likeness (QED) is 0.811. The topological polar surface area (TPSA) is 85.2 Å². The Bertz CT molecular complexity index is 704. The Morgan fingerprint density at radius 3 is 2.70 bits per heavy atom. The van der Waals surface area contributed by atoms with Gasteiger partial charge in [-0.1, -0.05) is 24.8 Å². The largest absolute Gasteiger partial charge is 0.489 e. The number of amides is 1. The van der Waals surface area contributed by atoms with Crippen molar-refractivity contribution >= 4 is 5.91 Å². The van der Waals surface area contributed by atoms with Crippen LogP contribution in [0.2, 0.25) is 0 Å². The van der Waals surface area contributed by atoms with Gasteiger partial charge >= 0.3 is 0 Å². The number of hydrogen-bond acceptors (Lipinski definition) is 3. The zero-order valence-electron chi connectivity index (χ0n) is 10.8. The van der Waals surface area contributed by atoms with Crippen LogP contribution in [0, 0.1) is 0 Å². The molecule has 0 spiro atoms. The number of primary amides is 1. The molecule has 0 aliphatic heterocycles. The van der Waals surface area contributed by atoms with Gasteiger partial charge in [0.2, 0.25) is 0 Å². The van der Waals surface area contributed by atoms with E-state index in [4.69, 9.17) is 10.5 Å². The fourth-order valence-electron chi connectivity index (χ4n) is 1.79. The van der Waals surface area contributed by atoms with Gasteiger partial charge in [0, 0.05) is 5.56 Å². The van der Waals surface area contributed by atoms with Crippen molar-refractivity contribution in [2.45, 2.75) is 0 Å². The first-order chi connectivity index (χ1) is 9.63. The molecule has 5 nitrogen and oxygen atoms in total. The average molecular weight is 270 g/mol. The van der Waals surface area contributed by atoms with E-state index in [2.05, 4.69) is 11.6 Å². The van der Waals surface area contributed by atoms with Gasteiger partial charge in [-0.2, -0.15) is 0 Å². The molecule has 1 amide bonds. The number of rotatable bonds is 5. The highest BCUT2D eigenvalue weighted by atomic mass is 16.5. The molecule has 2 aromatic rings. The van der Waals surface area contributed by atoms with Crippen LogP contribution in [0.3, 0.4) is 0 Å². The maximum absolute atomic E-state index is 11.8. The summed E-state index contributed by atoms with van der Waals surface area (Å²) >= 11 is 0. The molecule has 0 atom stereocenters. The lowest BCUT2D eigenvalue weighted by Gasteiger charge is -2.10. The standard InChI is InChI=1S/C15H14N2O3/c1-2-9-20-13-6-4-3-5-10(13)12-8-7-11(14(16)18)15(19)17-12/h2-8H,1,9H2,(H2,16,18)(H,17,19). The summed E-state index contributed by atoms with van der Waals surface area (Å²) in [6.07, 6.45) is 1.63. The van der Waals surface area contributed by atoms with Crippen LogP contribution < -0.4 is 16.0 Å². The van der Waals surface area contributed by atoms with Crippen LogP contribution in [0.4, 0.5) is 0 Å². The highest BCUT2D eigenvalue weighted by Crippen LogP contribution is 2.27. The molecule has 20 heavy (non-hydrogen) atoms. The molecule has 0 bridgehead atoms. The van der Waals surface area contributed by atoms with Crippen molar-refractivity contribution in [1.82, 2.24) is 4.98 Å². The number of aromatic amines is 1. The Balaban J connectivity index is 2.46. The van der Waals surface area contributed by atoms with E-state index in [1.54, 1.807) is 18.2 Å². The SMILES string of the molecule is C=CCOc1ccccc1-c1ccc(C(N)=O)c(=O)[nH]1. The van der Waals surface area contributed by atoms with E-state index >= 15 is 0 Å². The Hall–Kier alpha value is -2.82. The fourth-order valence-corrected chi connectivity index (χ4v) is 1.79. The summed E-state index contributed by atoms with van der Waals surface area (Å²) < 4.78 is 5.53. The first-order valence-corrected chi connectivity index (χ1v) is 5.99. The minimum atomic E-state index is -0.756. The third-order valence-corrected chi connectivity index (χ3v) is 2.71. The van der Waals surface area contributed by atoms with Crippen molar-refractivity contribution in [3.63, 3.8) is 0 Å². The highest BCUT2D eigenvalue weighted by molar-refractivity contribution is 5.92. The van der Waals surface area contributed by atoms with E-state index < -0.39 is 11.5 Å². The summed E-state index contributed by atoms with van der Waals surface area (Å²) in [4.78, 5) is 25.4. The molecule has 1 aromatic heterocycles. The molecule has 0 saturated heterocycles. The van der Waals surface area contributed by atoms with E-state index in [9.17, 15) is 9.59 Å². The molecule has 1 aromatic carbocycles. The van der Waals surface area contributed by atoms with Crippen LogP contribution in [-0.2, 0) is 0 Å². The van der Waals surface area contributed by atoms with Crippen LogP contribution in [0.15, 0.2) is 53.8 Å². The van der Waals surface area contributed by atoms with Crippen molar-refractivity contribution < 1.29 is 9.53 Å². The summed E-state index contributed by atoms with van der Waals surface area (Å²) in [5.41, 5.74) is 5.79. The van der Waals surface area contributed by atoms with Gasteiger partial charge in [-0.25, -0.2) is 0 Å². The molecule has 0 aliphatic carbocycles. The van der Waals surface area contributed by atoms with Gasteiger partial charge < -0.3 is 15.5 Å². The summed E-state index contributed by atoms with van der Waals surface area (Å²) in [6, 6.07) is 10.3. The lowest BCUT2D eigenvalue weighted by Crippen LogP contribution is -2.23. The van der Waals surface area contributed by atoms with Crippen molar-refractivity contribution in [1.29, 1.82) is 0 Å². The number of nitrogens with one attached hydrogen (secondary N) is 1. The van der Waals surface area contributed by atoms with Crippen LogP contribution in [-0.4, -0.2) is 17.5 Å². The number of nitrogens with two attached hydrogens (primary N) is 1. The lowest BCUT2D eigenvalue weighted by atomic mass is 10.1. The summed E-state index contributed by atoms with van der Waals surface area (Å²) in [5, 5.41) is 0. The molecule has 0 unspecified atom stereocenters. The van der Waals surface area contributed by atoms with Gasteiger partial charge in [-0.05, 0) is 24.3 Å².